The van der Waals surface area contributed by atoms with Crippen molar-refractivity contribution in [1.82, 2.24) is 25.5 Å². The van der Waals surface area contributed by atoms with Crippen LogP contribution in [-0.4, -0.2) is 26.7 Å². The Balaban J connectivity index is 0.00000104. The molecular formula is C15H19Cl2N5OS. The van der Waals surface area contributed by atoms with Crippen LogP contribution in [0.25, 0.3) is 20.7 Å². The lowest BCUT2D eigenvalue weighted by molar-refractivity contribution is 0.407. The summed E-state index contributed by atoms with van der Waals surface area (Å²) in [5.74, 6) is 0.732. The molecule has 3 aromatic heterocycles. The average molecular weight is 388 g/mol. The highest BCUT2D eigenvalue weighted by Gasteiger charge is 2.33. The molecule has 1 unspecified atom stereocenters. The second-order valence-corrected chi connectivity index (χ2v) is 7.06. The molecule has 3 aromatic rings. The smallest absolute Gasteiger partial charge is 0.268 e. The summed E-state index contributed by atoms with van der Waals surface area (Å²) in [6, 6.07) is 1.98. The fourth-order valence-electron chi connectivity index (χ4n) is 3.03. The van der Waals surface area contributed by atoms with Crippen molar-refractivity contribution in [3.05, 3.63) is 34.1 Å². The molecule has 0 aromatic carbocycles. The number of aryl methyl sites for hydroxylation is 1. The molecule has 130 valence electrons. The monoisotopic (exact) mass is 387 g/mol. The molecule has 24 heavy (non-hydrogen) atoms. The van der Waals surface area contributed by atoms with Gasteiger partial charge < -0.3 is 10.3 Å². The minimum Gasteiger partial charge on any atom is -0.308 e. The Bertz CT molecular complexity index is 910. The number of aromatic nitrogens is 4. The second kappa shape index (κ2) is 6.84. The lowest BCUT2D eigenvalue weighted by Crippen LogP contribution is -2.36. The summed E-state index contributed by atoms with van der Waals surface area (Å²) in [5, 5.41) is 10.4. The second-order valence-electron chi connectivity index (χ2n) is 6.01. The van der Waals surface area contributed by atoms with Gasteiger partial charge in [-0.15, -0.1) is 36.2 Å². The zero-order valence-electron chi connectivity index (χ0n) is 13.3. The van der Waals surface area contributed by atoms with E-state index in [0.717, 1.165) is 46.9 Å². The van der Waals surface area contributed by atoms with Crippen LogP contribution in [0.4, 0.5) is 0 Å². The number of H-pyrrole nitrogens is 2. The van der Waals surface area contributed by atoms with E-state index in [1.165, 1.54) is 11.3 Å². The highest BCUT2D eigenvalue weighted by molar-refractivity contribution is 7.22. The van der Waals surface area contributed by atoms with E-state index in [0.29, 0.717) is 4.70 Å². The van der Waals surface area contributed by atoms with E-state index in [4.69, 9.17) is 4.98 Å². The molecule has 0 saturated carbocycles. The van der Waals surface area contributed by atoms with E-state index >= 15 is 0 Å². The third-order valence-electron chi connectivity index (χ3n) is 4.37. The van der Waals surface area contributed by atoms with Crippen LogP contribution in [-0.2, 0) is 5.54 Å². The van der Waals surface area contributed by atoms with Crippen LogP contribution in [0, 0.1) is 6.92 Å². The van der Waals surface area contributed by atoms with Gasteiger partial charge in [-0.05, 0) is 39.3 Å². The maximum Gasteiger partial charge on any atom is 0.268 e. The first-order valence-electron chi connectivity index (χ1n) is 7.36. The predicted molar refractivity (Wildman–Crippen MR) is 102 cm³/mol. The zero-order valence-corrected chi connectivity index (χ0v) is 15.8. The molecule has 1 fully saturated rings. The number of fused-ring (bicyclic) bond motifs is 1. The van der Waals surface area contributed by atoms with Crippen LogP contribution in [0.1, 0.15) is 31.3 Å². The van der Waals surface area contributed by atoms with Gasteiger partial charge in [-0.1, -0.05) is 0 Å². The summed E-state index contributed by atoms with van der Waals surface area (Å²) in [4.78, 5) is 21.1. The summed E-state index contributed by atoms with van der Waals surface area (Å²) < 4.78 is 0.668. The molecule has 4 heterocycles. The summed E-state index contributed by atoms with van der Waals surface area (Å²) in [6.07, 6.45) is 3.87. The summed E-state index contributed by atoms with van der Waals surface area (Å²) in [7, 11) is 0. The van der Waals surface area contributed by atoms with Crippen LogP contribution in [0.2, 0.25) is 0 Å². The number of hydrogen-bond acceptors (Lipinski definition) is 5. The van der Waals surface area contributed by atoms with Gasteiger partial charge in [-0.3, -0.25) is 9.89 Å². The van der Waals surface area contributed by atoms with E-state index < -0.39 is 0 Å². The van der Waals surface area contributed by atoms with E-state index in [1.54, 1.807) is 6.20 Å². The lowest BCUT2D eigenvalue weighted by Gasteiger charge is -2.22. The highest BCUT2D eigenvalue weighted by atomic mass is 35.5. The molecule has 0 amide bonds. The van der Waals surface area contributed by atoms with Gasteiger partial charge in [0, 0.05) is 16.1 Å². The first kappa shape index (κ1) is 18.9. The SMILES string of the molecule is Cc1[nH]ncc1-c1cc2nc(C3(C)CCCN3)[nH]c(=O)c2s1.Cl.Cl. The average Bonchev–Trinajstić information content (AvgIpc) is 3.18. The number of aromatic amines is 2. The van der Waals surface area contributed by atoms with Crippen molar-refractivity contribution in [3.8, 4) is 10.4 Å². The minimum absolute atomic E-state index is 0. The zero-order chi connectivity index (χ0) is 15.3. The Morgan fingerprint density at radius 1 is 1.33 bits per heavy atom. The fourth-order valence-corrected chi connectivity index (χ4v) is 4.09. The third kappa shape index (κ3) is 2.97. The Hall–Kier alpha value is -1.41. The Labute approximate surface area is 155 Å². The minimum atomic E-state index is -0.235. The van der Waals surface area contributed by atoms with Crippen molar-refractivity contribution in [1.29, 1.82) is 0 Å². The first-order valence-corrected chi connectivity index (χ1v) is 8.18. The molecule has 1 aliphatic heterocycles. The van der Waals surface area contributed by atoms with Crippen LogP contribution in [0.5, 0.6) is 0 Å². The van der Waals surface area contributed by atoms with E-state index in [-0.39, 0.29) is 35.9 Å². The molecule has 3 N–H and O–H groups in total. The Kier molecular flexibility index (Phi) is 5.39. The Morgan fingerprint density at radius 3 is 2.75 bits per heavy atom. The molecular weight excluding hydrogens is 369 g/mol. The molecule has 6 nitrogen and oxygen atoms in total. The predicted octanol–water partition coefficient (Wildman–Crippen LogP) is 3.13. The van der Waals surface area contributed by atoms with Crippen molar-refractivity contribution < 1.29 is 0 Å². The lowest BCUT2D eigenvalue weighted by atomic mass is 9.99. The molecule has 0 bridgehead atoms. The van der Waals surface area contributed by atoms with Crippen molar-refractivity contribution in [2.45, 2.75) is 32.2 Å². The van der Waals surface area contributed by atoms with Gasteiger partial charge in [-0.25, -0.2) is 4.98 Å². The molecule has 0 aliphatic carbocycles. The van der Waals surface area contributed by atoms with Crippen molar-refractivity contribution in [3.63, 3.8) is 0 Å². The maximum atomic E-state index is 12.4. The van der Waals surface area contributed by atoms with Crippen LogP contribution in [0.15, 0.2) is 17.1 Å². The molecule has 0 radical (unpaired) electrons. The van der Waals surface area contributed by atoms with E-state index in [2.05, 4.69) is 27.4 Å². The number of nitrogens with zero attached hydrogens (tertiary/aromatic N) is 2. The molecule has 1 atom stereocenters. The molecule has 4 rings (SSSR count). The van der Waals surface area contributed by atoms with Gasteiger partial charge in [0.05, 0.1) is 17.3 Å². The number of hydrogen-bond donors (Lipinski definition) is 3. The third-order valence-corrected chi connectivity index (χ3v) is 5.53. The summed E-state index contributed by atoms with van der Waals surface area (Å²) >= 11 is 1.46. The van der Waals surface area contributed by atoms with Gasteiger partial charge in [0.25, 0.3) is 5.56 Å². The van der Waals surface area contributed by atoms with Crippen molar-refractivity contribution in [2.75, 3.05) is 6.54 Å². The molecule has 0 spiro atoms. The van der Waals surface area contributed by atoms with E-state index in [1.807, 2.05) is 13.0 Å². The van der Waals surface area contributed by atoms with Gasteiger partial charge in [-0.2, -0.15) is 5.10 Å². The Morgan fingerprint density at radius 2 is 2.12 bits per heavy atom. The molecule has 1 aliphatic rings. The van der Waals surface area contributed by atoms with Crippen LogP contribution >= 0.6 is 36.2 Å². The number of thiophene rings is 1. The van der Waals surface area contributed by atoms with Crippen molar-refractivity contribution in [2.24, 2.45) is 0 Å². The largest absolute Gasteiger partial charge is 0.308 e. The summed E-state index contributed by atoms with van der Waals surface area (Å²) in [6.45, 7) is 5.03. The van der Waals surface area contributed by atoms with Gasteiger partial charge >= 0.3 is 0 Å². The van der Waals surface area contributed by atoms with Gasteiger partial charge in [0.2, 0.25) is 0 Å². The highest BCUT2D eigenvalue weighted by Crippen LogP contribution is 2.33. The van der Waals surface area contributed by atoms with E-state index in [9.17, 15) is 4.79 Å². The maximum absolute atomic E-state index is 12.4. The van der Waals surface area contributed by atoms with Crippen LogP contribution < -0.4 is 10.9 Å². The van der Waals surface area contributed by atoms with Crippen LogP contribution in [0.3, 0.4) is 0 Å². The van der Waals surface area contributed by atoms with Gasteiger partial charge in [0.1, 0.15) is 10.5 Å². The molecule has 1 saturated heterocycles. The normalized spacial score (nSPS) is 19.9. The number of rotatable bonds is 2. The van der Waals surface area contributed by atoms with Crippen molar-refractivity contribution >= 4 is 46.4 Å². The number of nitrogens with one attached hydrogen (secondary N) is 3. The standard InChI is InChI=1S/C15H17N5OS.2ClH/c1-8-9(7-17-20-8)11-6-10-12(22-11)13(21)19-14(18-10)15(2)4-3-5-16-15;;/h6-7,16H,3-5H2,1-2H3,(H,17,20)(H,18,19,21);2*1H. The first-order chi connectivity index (χ1) is 10.6. The molecule has 9 heteroatoms. The topological polar surface area (TPSA) is 86.5 Å². The fraction of sp³-hybridized carbons (Fsp3) is 0.400. The van der Waals surface area contributed by atoms with Gasteiger partial charge in [0.15, 0.2) is 0 Å². The number of halogens is 2. The quantitative estimate of drug-likeness (QED) is 0.630. The summed E-state index contributed by atoms with van der Waals surface area (Å²) in [5.41, 5.74) is 2.48.